The van der Waals surface area contributed by atoms with Gasteiger partial charge >= 0.3 is 0 Å². The largest absolute Gasteiger partial charge is 0.488 e. The molecule has 1 N–H and O–H groups in total. The number of aliphatic hydroxyl groups is 1. The van der Waals surface area contributed by atoms with Gasteiger partial charge in [-0.2, -0.15) is 5.26 Å². The molecule has 0 aliphatic heterocycles. The topological polar surface area (TPSA) is 96.4 Å². The molecule has 0 aliphatic rings. The molecule has 0 saturated carbocycles. The van der Waals surface area contributed by atoms with E-state index in [1.54, 1.807) is 12.1 Å². The molecule has 17 heavy (non-hydrogen) atoms. The third-order valence-electron chi connectivity index (χ3n) is 1.92. The third-order valence-corrected chi connectivity index (χ3v) is 1.92. The predicted octanol–water partition coefficient (Wildman–Crippen LogP) is 1.39. The molecule has 1 aromatic rings. The van der Waals surface area contributed by atoms with E-state index in [1.807, 2.05) is 0 Å². The molecule has 0 spiro atoms. The Labute approximate surface area is 97.5 Å². The molecular formula is C11H10N2O4. The number of rotatable bonds is 5. The fourth-order valence-corrected chi connectivity index (χ4v) is 1.18. The second kappa shape index (κ2) is 6.25. The molecule has 88 valence electrons. The van der Waals surface area contributed by atoms with Crippen molar-refractivity contribution in [1.29, 1.82) is 5.26 Å². The summed E-state index contributed by atoms with van der Waals surface area (Å²) in [5.41, 5.74) is -0.383. The van der Waals surface area contributed by atoms with Gasteiger partial charge in [0.15, 0.2) is 5.56 Å². The quantitative estimate of drug-likeness (QED) is 0.471. The summed E-state index contributed by atoms with van der Waals surface area (Å²) < 4.78 is 5.20. The van der Waals surface area contributed by atoms with E-state index in [4.69, 9.17) is 15.1 Å². The highest BCUT2D eigenvalue weighted by atomic mass is 16.6. The second-order valence-electron chi connectivity index (χ2n) is 2.98. The molecule has 0 saturated heterocycles. The van der Waals surface area contributed by atoms with Crippen LogP contribution in [0, 0.1) is 21.4 Å². The first-order chi connectivity index (χ1) is 8.20. The zero-order valence-electron chi connectivity index (χ0n) is 8.87. The summed E-state index contributed by atoms with van der Waals surface area (Å²) in [4.78, 5) is 10.0. The number of ether oxygens (including phenoxy) is 1. The Morgan fingerprint density at radius 2 is 2.29 bits per heavy atom. The summed E-state index contributed by atoms with van der Waals surface area (Å²) in [7, 11) is 0. The number of nitriles is 1. The Hall–Kier alpha value is -2.39. The van der Waals surface area contributed by atoms with Crippen molar-refractivity contribution in [1.82, 2.24) is 0 Å². The Balaban J connectivity index is 2.93. The highest BCUT2D eigenvalue weighted by Gasteiger charge is 2.17. The highest BCUT2D eigenvalue weighted by molar-refractivity contribution is 5.56. The van der Waals surface area contributed by atoms with Gasteiger partial charge in [-0.25, -0.2) is 0 Å². The normalized spacial score (nSPS) is 10.1. The summed E-state index contributed by atoms with van der Waals surface area (Å²) in [6.07, 6.45) is 3.03. The van der Waals surface area contributed by atoms with E-state index < -0.39 is 4.92 Å². The van der Waals surface area contributed by atoms with Gasteiger partial charge in [0.1, 0.15) is 18.4 Å². The van der Waals surface area contributed by atoms with Crippen molar-refractivity contribution in [3.05, 3.63) is 46.0 Å². The van der Waals surface area contributed by atoms with E-state index in [9.17, 15) is 10.1 Å². The molecule has 0 radical (unpaired) electrons. The molecule has 6 nitrogen and oxygen atoms in total. The third kappa shape index (κ3) is 3.29. The van der Waals surface area contributed by atoms with Crippen molar-refractivity contribution < 1.29 is 14.8 Å². The standard InChI is InChI=1S/C11H10N2O4/c12-8-9-10(13(15)16)4-3-5-11(9)17-7-2-1-6-14/h1-5,14H,6-7H2/b2-1+. The zero-order valence-corrected chi connectivity index (χ0v) is 8.87. The van der Waals surface area contributed by atoms with E-state index in [2.05, 4.69) is 0 Å². The van der Waals surface area contributed by atoms with Crippen LogP contribution in [0.5, 0.6) is 5.75 Å². The average molecular weight is 234 g/mol. The zero-order chi connectivity index (χ0) is 12.7. The van der Waals surface area contributed by atoms with Gasteiger partial charge in [-0.15, -0.1) is 0 Å². The van der Waals surface area contributed by atoms with Crippen LogP contribution < -0.4 is 4.74 Å². The fourth-order valence-electron chi connectivity index (χ4n) is 1.18. The highest BCUT2D eigenvalue weighted by Crippen LogP contribution is 2.27. The van der Waals surface area contributed by atoms with Crippen LogP contribution in [-0.4, -0.2) is 23.2 Å². The van der Waals surface area contributed by atoms with Crippen molar-refractivity contribution in [3.8, 4) is 11.8 Å². The van der Waals surface area contributed by atoms with Gasteiger partial charge in [0.05, 0.1) is 11.5 Å². The number of nitro groups is 1. The van der Waals surface area contributed by atoms with E-state index in [0.717, 1.165) is 0 Å². The van der Waals surface area contributed by atoms with E-state index in [1.165, 1.54) is 24.3 Å². The molecule has 6 heteroatoms. The Bertz CT molecular complexity index is 477. The first-order valence-electron chi connectivity index (χ1n) is 4.77. The van der Waals surface area contributed by atoms with Crippen molar-refractivity contribution in [3.63, 3.8) is 0 Å². The molecule has 0 aromatic heterocycles. The summed E-state index contributed by atoms with van der Waals surface area (Å²) in [6.45, 7) is 0.0276. The van der Waals surface area contributed by atoms with Crippen molar-refractivity contribution in [2.75, 3.05) is 13.2 Å². The summed E-state index contributed by atoms with van der Waals surface area (Å²) >= 11 is 0. The molecular weight excluding hydrogens is 224 g/mol. The number of hydrogen-bond donors (Lipinski definition) is 1. The van der Waals surface area contributed by atoms with Crippen LogP contribution >= 0.6 is 0 Å². The molecule has 0 atom stereocenters. The van der Waals surface area contributed by atoms with Crippen molar-refractivity contribution >= 4 is 5.69 Å². The lowest BCUT2D eigenvalue weighted by molar-refractivity contribution is -0.385. The van der Waals surface area contributed by atoms with Gasteiger partial charge in [-0.1, -0.05) is 12.1 Å². The predicted molar refractivity (Wildman–Crippen MR) is 59.5 cm³/mol. The minimum Gasteiger partial charge on any atom is -0.488 e. The van der Waals surface area contributed by atoms with Gasteiger partial charge in [0, 0.05) is 6.07 Å². The van der Waals surface area contributed by atoms with E-state index in [0.29, 0.717) is 0 Å². The molecule has 0 bridgehead atoms. The molecule has 0 heterocycles. The van der Waals surface area contributed by atoms with Gasteiger partial charge in [-0.05, 0) is 12.1 Å². The van der Waals surface area contributed by atoms with Crippen molar-refractivity contribution in [2.45, 2.75) is 0 Å². The summed E-state index contributed by atoms with van der Waals surface area (Å²) in [6, 6.07) is 5.92. The second-order valence-corrected chi connectivity index (χ2v) is 2.98. The van der Waals surface area contributed by atoms with Crippen molar-refractivity contribution in [2.24, 2.45) is 0 Å². The van der Waals surface area contributed by atoms with Gasteiger partial charge < -0.3 is 9.84 Å². The van der Waals surface area contributed by atoms with Crippen LogP contribution in [0.1, 0.15) is 5.56 Å². The lowest BCUT2D eigenvalue weighted by atomic mass is 10.2. The molecule has 1 rings (SSSR count). The van der Waals surface area contributed by atoms with E-state index >= 15 is 0 Å². The Kier molecular flexibility index (Phi) is 4.66. The number of nitro benzene ring substituents is 1. The molecule has 0 amide bonds. The van der Waals surface area contributed by atoms with Gasteiger partial charge in [-0.3, -0.25) is 10.1 Å². The first-order valence-corrected chi connectivity index (χ1v) is 4.77. The first kappa shape index (κ1) is 12.7. The molecule has 0 aliphatic carbocycles. The van der Waals surface area contributed by atoms with Crippen LogP contribution in [0.15, 0.2) is 30.4 Å². The monoisotopic (exact) mass is 234 g/mol. The van der Waals surface area contributed by atoms with E-state index in [-0.39, 0.29) is 30.2 Å². The maximum atomic E-state index is 10.7. The minimum atomic E-state index is -0.630. The lowest BCUT2D eigenvalue weighted by Crippen LogP contribution is -1.99. The number of aliphatic hydroxyl groups excluding tert-OH is 1. The molecule has 0 fully saturated rings. The lowest BCUT2D eigenvalue weighted by Gasteiger charge is -2.05. The molecule has 0 unspecified atom stereocenters. The maximum absolute atomic E-state index is 10.7. The van der Waals surface area contributed by atoms with Gasteiger partial charge in [0.25, 0.3) is 5.69 Å². The number of hydrogen-bond acceptors (Lipinski definition) is 5. The molecule has 1 aromatic carbocycles. The smallest absolute Gasteiger partial charge is 0.290 e. The van der Waals surface area contributed by atoms with Gasteiger partial charge in [0.2, 0.25) is 0 Å². The Morgan fingerprint density at radius 1 is 1.53 bits per heavy atom. The Morgan fingerprint density at radius 3 is 2.88 bits per heavy atom. The van der Waals surface area contributed by atoms with Crippen LogP contribution in [0.4, 0.5) is 5.69 Å². The SMILES string of the molecule is N#Cc1c(OC/C=C/CO)cccc1[N+](=O)[O-]. The van der Waals surface area contributed by atoms with Crippen LogP contribution in [0.3, 0.4) is 0 Å². The van der Waals surface area contributed by atoms with Crippen LogP contribution in [0.25, 0.3) is 0 Å². The van der Waals surface area contributed by atoms with Crippen LogP contribution in [-0.2, 0) is 0 Å². The fraction of sp³-hybridized carbons (Fsp3) is 0.182. The maximum Gasteiger partial charge on any atom is 0.290 e. The number of benzene rings is 1. The average Bonchev–Trinajstić information content (AvgIpc) is 2.34. The summed E-state index contributed by atoms with van der Waals surface area (Å²) in [5.74, 6) is 0.157. The number of nitrogens with zero attached hydrogens (tertiary/aromatic N) is 2. The minimum absolute atomic E-state index is 0.102. The summed E-state index contributed by atoms with van der Waals surface area (Å²) in [5, 5.41) is 28.0. The van der Waals surface area contributed by atoms with Crippen LogP contribution in [0.2, 0.25) is 0 Å².